The third-order valence-electron chi connectivity index (χ3n) is 4.73. The summed E-state index contributed by atoms with van der Waals surface area (Å²) in [4.78, 5) is 28.9. The van der Waals surface area contributed by atoms with Crippen molar-refractivity contribution >= 4 is 17.6 Å². The van der Waals surface area contributed by atoms with Gasteiger partial charge in [-0.1, -0.05) is 18.2 Å². The second kappa shape index (κ2) is 8.79. The smallest absolute Gasteiger partial charge is 0.337 e. The standard InChI is InChI=1S/C21H25N3O3/c1-23-9-11-24(12-10-23)15-16-5-3-8-19(13-16)22-20(25)17-6-4-7-18(14-17)21(26)27-2/h3-8,13-14H,9-12,15H2,1-2H3,(H,22,25). The number of piperazine rings is 1. The van der Waals surface area contributed by atoms with Gasteiger partial charge in [0.25, 0.3) is 5.91 Å². The zero-order valence-corrected chi connectivity index (χ0v) is 15.8. The van der Waals surface area contributed by atoms with Crippen molar-refractivity contribution in [3.63, 3.8) is 0 Å². The average molecular weight is 367 g/mol. The van der Waals surface area contributed by atoms with Crippen LogP contribution in [0.15, 0.2) is 48.5 Å². The zero-order chi connectivity index (χ0) is 19.2. The van der Waals surface area contributed by atoms with Crippen molar-refractivity contribution in [3.8, 4) is 0 Å². The molecule has 1 fully saturated rings. The number of hydrogen-bond acceptors (Lipinski definition) is 5. The van der Waals surface area contributed by atoms with E-state index in [2.05, 4.69) is 28.2 Å². The van der Waals surface area contributed by atoms with Gasteiger partial charge in [-0.3, -0.25) is 9.69 Å². The van der Waals surface area contributed by atoms with E-state index in [-0.39, 0.29) is 5.91 Å². The molecule has 0 aromatic heterocycles. The highest BCUT2D eigenvalue weighted by atomic mass is 16.5. The Morgan fingerprint density at radius 2 is 1.70 bits per heavy atom. The van der Waals surface area contributed by atoms with Gasteiger partial charge in [-0.05, 0) is 42.9 Å². The Kier molecular flexibility index (Phi) is 6.21. The van der Waals surface area contributed by atoms with Gasteiger partial charge in [0.15, 0.2) is 0 Å². The fourth-order valence-corrected chi connectivity index (χ4v) is 3.12. The Hall–Kier alpha value is -2.70. The summed E-state index contributed by atoms with van der Waals surface area (Å²) in [6, 6.07) is 14.4. The van der Waals surface area contributed by atoms with Gasteiger partial charge in [0, 0.05) is 44.0 Å². The van der Waals surface area contributed by atoms with E-state index in [0.29, 0.717) is 11.1 Å². The lowest BCUT2D eigenvalue weighted by atomic mass is 10.1. The first kappa shape index (κ1) is 19.1. The van der Waals surface area contributed by atoms with Gasteiger partial charge < -0.3 is 15.0 Å². The van der Waals surface area contributed by atoms with Crippen LogP contribution in [0.5, 0.6) is 0 Å². The molecule has 1 aliphatic rings. The lowest BCUT2D eigenvalue weighted by Gasteiger charge is -2.32. The number of nitrogens with one attached hydrogen (secondary N) is 1. The summed E-state index contributed by atoms with van der Waals surface area (Å²) in [5, 5.41) is 2.91. The molecule has 0 spiro atoms. The average Bonchev–Trinajstić information content (AvgIpc) is 2.69. The number of amides is 1. The van der Waals surface area contributed by atoms with E-state index < -0.39 is 5.97 Å². The number of carbonyl (C=O) groups is 2. The molecule has 0 unspecified atom stereocenters. The summed E-state index contributed by atoms with van der Waals surface area (Å²) in [7, 11) is 3.46. The van der Waals surface area contributed by atoms with Crippen molar-refractivity contribution in [2.75, 3.05) is 45.7 Å². The third-order valence-corrected chi connectivity index (χ3v) is 4.73. The van der Waals surface area contributed by atoms with Gasteiger partial charge in [-0.2, -0.15) is 0 Å². The number of benzene rings is 2. The van der Waals surface area contributed by atoms with E-state index in [1.54, 1.807) is 18.2 Å². The van der Waals surface area contributed by atoms with E-state index in [9.17, 15) is 9.59 Å². The number of likely N-dealkylation sites (N-methyl/N-ethyl adjacent to an activating group) is 1. The number of hydrogen-bond donors (Lipinski definition) is 1. The number of rotatable bonds is 5. The largest absolute Gasteiger partial charge is 0.465 e. The summed E-state index contributed by atoms with van der Waals surface area (Å²) in [6.45, 7) is 5.12. The van der Waals surface area contributed by atoms with Crippen LogP contribution in [0.25, 0.3) is 0 Å². The quantitative estimate of drug-likeness (QED) is 0.823. The maximum atomic E-state index is 12.5. The van der Waals surface area contributed by atoms with Gasteiger partial charge in [0.2, 0.25) is 0 Å². The molecule has 2 aromatic rings. The molecular weight excluding hydrogens is 342 g/mol. The molecule has 0 bridgehead atoms. The molecule has 6 nitrogen and oxygen atoms in total. The second-order valence-corrected chi connectivity index (χ2v) is 6.81. The van der Waals surface area contributed by atoms with Crippen molar-refractivity contribution in [1.29, 1.82) is 0 Å². The molecule has 0 aliphatic carbocycles. The van der Waals surface area contributed by atoms with Crippen LogP contribution in [-0.2, 0) is 11.3 Å². The zero-order valence-electron chi connectivity index (χ0n) is 15.8. The number of anilines is 1. The number of ether oxygens (including phenoxy) is 1. The number of esters is 1. The molecule has 1 amide bonds. The van der Waals surface area contributed by atoms with E-state index in [1.807, 2.05) is 18.2 Å². The van der Waals surface area contributed by atoms with E-state index in [0.717, 1.165) is 38.4 Å². The van der Waals surface area contributed by atoms with Crippen molar-refractivity contribution in [2.45, 2.75) is 6.54 Å². The SMILES string of the molecule is COC(=O)c1cccc(C(=O)Nc2cccc(CN3CCN(C)CC3)c2)c1. The predicted molar refractivity (Wildman–Crippen MR) is 105 cm³/mol. The van der Waals surface area contributed by atoms with Gasteiger partial charge in [-0.25, -0.2) is 4.79 Å². The van der Waals surface area contributed by atoms with E-state index in [1.165, 1.54) is 18.7 Å². The van der Waals surface area contributed by atoms with Crippen molar-refractivity contribution in [1.82, 2.24) is 9.80 Å². The number of methoxy groups -OCH3 is 1. The molecule has 6 heteroatoms. The highest BCUT2D eigenvalue weighted by Gasteiger charge is 2.15. The molecule has 1 saturated heterocycles. The fraction of sp³-hybridized carbons (Fsp3) is 0.333. The lowest BCUT2D eigenvalue weighted by molar-refractivity contribution is 0.0600. The highest BCUT2D eigenvalue weighted by molar-refractivity contribution is 6.05. The van der Waals surface area contributed by atoms with Crippen molar-refractivity contribution in [3.05, 3.63) is 65.2 Å². The minimum Gasteiger partial charge on any atom is -0.465 e. The van der Waals surface area contributed by atoms with Crippen LogP contribution < -0.4 is 5.32 Å². The fourth-order valence-electron chi connectivity index (χ4n) is 3.12. The third kappa shape index (κ3) is 5.15. The first-order chi connectivity index (χ1) is 13.0. The molecule has 0 atom stereocenters. The molecule has 1 aliphatic heterocycles. The summed E-state index contributed by atoms with van der Waals surface area (Å²) in [5.41, 5.74) is 2.69. The molecule has 27 heavy (non-hydrogen) atoms. The first-order valence-corrected chi connectivity index (χ1v) is 9.05. The Morgan fingerprint density at radius 3 is 2.44 bits per heavy atom. The molecule has 2 aromatic carbocycles. The van der Waals surface area contributed by atoms with E-state index in [4.69, 9.17) is 4.74 Å². The minimum absolute atomic E-state index is 0.252. The van der Waals surface area contributed by atoms with Gasteiger partial charge in [0.05, 0.1) is 12.7 Å². The summed E-state index contributed by atoms with van der Waals surface area (Å²) < 4.78 is 4.71. The van der Waals surface area contributed by atoms with Crippen LogP contribution in [0.3, 0.4) is 0 Å². The highest BCUT2D eigenvalue weighted by Crippen LogP contribution is 2.16. The topological polar surface area (TPSA) is 61.9 Å². The van der Waals surface area contributed by atoms with E-state index >= 15 is 0 Å². The van der Waals surface area contributed by atoms with Crippen LogP contribution in [0.2, 0.25) is 0 Å². The molecule has 1 heterocycles. The predicted octanol–water partition coefficient (Wildman–Crippen LogP) is 2.47. The van der Waals surface area contributed by atoms with Crippen LogP contribution >= 0.6 is 0 Å². The van der Waals surface area contributed by atoms with Gasteiger partial charge in [0.1, 0.15) is 0 Å². The molecule has 1 N–H and O–H groups in total. The normalized spacial score (nSPS) is 15.3. The summed E-state index contributed by atoms with van der Waals surface area (Å²) >= 11 is 0. The van der Waals surface area contributed by atoms with Crippen molar-refractivity contribution in [2.24, 2.45) is 0 Å². The number of nitrogens with zero attached hydrogens (tertiary/aromatic N) is 2. The maximum Gasteiger partial charge on any atom is 0.337 e. The first-order valence-electron chi connectivity index (χ1n) is 9.05. The van der Waals surface area contributed by atoms with Crippen LogP contribution in [-0.4, -0.2) is 62.0 Å². The number of carbonyl (C=O) groups excluding carboxylic acids is 2. The molecule has 142 valence electrons. The molecule has 0 radical (unpaired) electrons. The maximum absolute atomic E-state index is 12.5. The summed E-state index contributed by atoms with van der Waals surface area (Å²) in [5.74, 6) is -0.712. The molecular formula is C21H25N3O3. The molecule has 3 rings (SSSR count). The second-order valence-electron chi connectivity index (χ2n) is 6.81. The van der Waals surface area contributed by atoms with Crippen LogP contribution in [0, 0.1) is 0 Å². The Morgan fingerprint density at radius 1 is 1.00 bits per heavy atom. The van der Waals surface area contributed by atoms with Crippen molar-refractivity contribution < 1.29 is 14.3 Å². The Balaban J connectivity index is 1.65. The van der Waals surface area contributed by atoms with Crippen LogP contribution in [0.4, 0.5) is 5.69 Å². The van der Waals surface area contributed by atoms with Gasteiger partial charge in [-0.15, -0.1) is 0 Å². The van der Waals surface area contributed by atoms with Gasteiger partial charge >= 0.3 is 5.97 Å². The Labute approximate surface area is 159 Å². The summed E-state index contributed by atoms with van der Waals surface area (Å²) in [6.07, 6.45) is 0. The lowest BCUT2D eigenvalue weighted by Crippen LogP contribution is -2.43. The Bertz CT molecular complexity index is 814. The minimum atomic E-state index is -0.459. The molecule has 0 saturated carbocycles. The van der Waals surface area contributed by atoms with Crippen LogP contribution in [0.1, 0.15) is 26.3 Å². The monoisotopic (exact) mass is 367 g/mol.